The van der Waals surface area contributed by atoms with Gasteiger partial charge in [0.2, 0.25) is 11.8 Å². The Labute approximate surface area is 181 Å². The van der Waals surface area contributed by atoms with Crippen LogP contribution in [0.2, 0.25) is 0 Å². The van der Waals surface area contributed by atoms with Crippen LogP contribution in [0, 0.1) is 5.92 Å². The van der Waals surface area contributed by atoms with Crippen molar-refractivity contribution in [3.05, 3.63) is 29.8 Å². The normalized spacial score (nSPS) is 21.9. The van der Waals surface area contributed by atoms with Crippen LogP contribution in [0.15, 0.2) is 24.3 Å². The van der Waals surface area contributed by atoms with Crippen molar-refractivity contribution in [2.24, 2.45) is 5.92 Å². The summed E-state index contributed by atoms with van der Waals surface area (Å²) in [5, 5.41) is 3.07. The van der Waals surface area contributed by atoms with Crippen molar-refractivity contribution in [2.45, 2.75) is 64.6 Å². The minimum absolute atomic E-state index is 0.0520. The number of nitrogens with one attached hydrogen (secondary N) is 1. The third-order valence-electron chi connectivity index (χ3n) is 6.51. The van der Waals surface area contributed by atoms with Crippen LogP contribution in [0.25, 0.3) is 0 Å². The topological polar surface area (TPSA) is 55.9 Å². The predicted molar refractivity (Wildman–Crippen MR) is 121 cm³/mol. The average Bonchev–Trinajstić information content (AvgIpc) is 2.71. The van der Waals surface area contributed by atoms with Gasteiger partial charge in [-0.25, -0.2) is 0 Å². The minimum Gasteiger partial charge on any atom is -0.378 e. The van der Waals surface area contributed by atoms with Crippen LogP contribution in [-0.2, 0) is 16.1 Å². The fourth-order valence-corrected chi connectivity index (χ4v) is 4.79. The maximum atomic E-state index is 13.2. The Balaban J connectivity index is 1.68. The predicted octanol–water partition coefficient (Wildman–Crippen LogP) is 2.87. The number of anilines is 1. The highest BCUT2D eigenvalue weighted by Gasteiger charge is 2.53. The molecule has 0 bridgehead atoms. The molecule has 2 aliphatic heterocycles. The van der Waals surface area contributed by atoms with Gasteiger partial charge in [-0.15, -0.1) is 0 Å². The highest BCUT2D eigenvalue weighted by atomic mass is 16.2. The van der Waals surface area contributed by atoms with Gasteiger partial charge < -0.3 is 15.1 Å². The quantitative estimate of drug-likeness (QED) is 0.745. The fourth-order valence-electron chi connectivity index (χ4n) is 4.79. The number of rotatable bonds is 7. The summed E-state index contributed by atoms with van der Waals surface area (Å²) in [5.74, 6) is 0.534. The number of piperazine rings is 1. The van der Waals surface area contributed by atoms with Crippen molar-refractivity contribution in [2.75, 3.05) is 38.6 Å². The van der Waals surface area contributed by atoms with Crippen molar-refractivity contribution >= 4 is 17.5 Å². The number of hydrogen-bond donors (Lipinski definition) is 1. The maximum Gasteiger partial charge on any atom is 0.246 e. The SMILES string of the molecule is CCCN1C(=O)C(CC(C)C)NC(=O)C12CCN(Cc1ccc(N(C)C)cc1)CC2. The average molecular weight is 415 g/mol. The number of amides is 2. The molecule has 30 heavy (non-hydrogen) atoms. The second-order valence-corrected chi connectivity index (χ2v) is 9.51. The molecule has 1 atom stereocenters. The molecule has 1 spiro atoms. The summed E-state index contributed by atoms with van der Waals surface area (Å²) in [5.41, 5.74) is 1.80. The summed E-state index contributed by atoms with van der Waals surface area (Å²) in [6.07, 6.45) is 2.98. The van der Waals surface area contributed by atoms with Crippen molar-refractivity contribution < 1.29 is 9.59 Å². The van der Waals surface area contributed by atoms with E-state index in [1.165, 1.54) is 11.3 Å². The van der Waals surface area contributed by atoms with Crippen molar-refractivity contribution in [3.8, 4) is 0 Å². The number of likely N-dealkylation sites (tertiary alicyclic amines) is 1. The molecule has 2 fully saturated rings. The number of benzene rings is 1. The van der Waals surface area contributed by atoms with Crippen LogP contribution in [0.1, 0.15) is 52.0 Å². The first-order valence-electron chi connectivity index (χ1n) is 11.4. The molecule has 2 heterocycles. The molecule has 1 aromatic rings. The number of piperidine rings is 1. The van der Waals surface area contributed by atoms with Gasteiger partial charge in [-0.3, -0.25) is 14.5 Å². The first-order valence-corrected chi connectivity index (χ1v) is 11.4. The molecule has 3 rings (SSSR count). The van der Waals surface area contributed by atoms with E-state index in [4.69, 9.17) is 0 Å². The lowest BCUT2D eigenvalue weighted by Crippen LogP contribution is -2.73. The van der Waals surface area contributed by atoms with E-state index < -0.39 is 5.54 Å². The molecule has 1 N–H and O–H groups in total. The van der Waals surface area contributed by atoms with Gasteiger partial charge >= 0.3 is 0 Å². The van der Waals surface area contributed by atoms with Gasteiger partial charge in [0.15, 0.2) is 0 Å². The summed E-state index contributed by atoms with van der Waals surface area (Å²) in [6, 6.07) is 8.27. The van der Waals surface area contributed by atoms with Crippen molar-refractivity contribution in [1.82, 2.24) is 15.1 Å². The molecule has 1 aromatic carbocycles. The standard InChI is InChI=1S/C24H38N4O2/c1-6-13-28-22(29)21(16-18(2)3)25-23(30)24(28)11-14-27(15-12-24)17-19-7-9-20(10-8-19)26(4)5/h7-10,18,21H,6,11-17H2,1-5H3,(H,25,30). The van der Waals surface area contributed by atoms with E-state index in [-0.39, 0.29) is 17.9 Å². The fraction of sp³-hybridized carbons (Fsp3) is 0.667. The third kappa shape index (κ3) is 4.64. The summed E-state index contributed by atoms with van der Waals surface area (Å²) < 4.78 is 0. The van der Waals surface area contributed by atoms with E-state index in [9.17, 15) is 9.59 Å². The second-order valence-electron chi connectivity index (χ2n) is 9.51. The molecule has 1 unspecified atom stereocenters. The molecule has 0 aliphatic carbocycles. The summed E-state index contributed by atoms with van der Waals surface area (Å²) in [4.78, 5) is 32.9. The van der Waals surface area contributed by atoms with E-state index in [1.807, 2.05) is 19.0 Å². The number of hydrogen-bond acceptors (Lipinski definition) is 4. The van der Waals surface area contributed by atoms with E-state index in [0.29, 0.717) is 31.7 Å². The Bertz CT molecular complexity index is 736. The van der Waals surface area contributed by atoms with Crippen LogP contribution < -0.4 is 10.2 Å². The van der Waals surface area contributed by atoms with Crippen LogP contribution in [-0.4, -0.2) is 66.9 Å². The lowest BCUT2D eigenvalue weighted by atomic mass is 9.80. The molecule has 6 nitrogen and oxygen atoms in total. The Morgan fingerprint density at radius 2 is 1.77 bits per heavy atom. The molecular weight excluding hydrogens is 376 g/mol. The van der Waals surface area contributed by atoms with Crippen LogP contribution in [0.3, 0.4) is 0 Å². The Morgan fingerprint density at radius 1 is 1.13 bits per heavy atom. The van der Waals surface area contributed by atoms with Crippen LogP contribution in [0.4, 0.5) is 5.69 Å². The maximum absolute atomic E-state index is 13.2. The van der Waals surface area contributed by atoms with Gasteiger partial charge in [-0.1, -0.05) is 32.9 Å². The molecular formula is C24H38N4O2. The molecule has 6 heteroatoms. The highest BCUT2D eigenvalue weighted by molar-refractivity contribution is 6.00. The van der Waals surface area contributed by atoms with Gasteiger partial charge in [0, 0.05) is 46.0 Å². The summed E-state index contributed by atoms with van der Waals surface area (Å²) in [6.45, 7) is 9.46. The zero-order valence-corrected chi connectivity index (χ0v) is 19.3. The molecule has 0 saturated carbocycles. The lowest BCUT2D eigenvalue weighted by Gasteiger charge is -2.52. The van der Waals surface area contributed by atoms with Gasteiger partial charge in [-0.05, 0) is 49.3 Å². The van der Waals surface area contributed by atoms with Crippen molar-refractivity contribution in [1.29, 1.82) is 0 Å². The molecule has 0 radical (unpaired) electrons. The summed E-state index contributed by atoms with van der Waals surface area (Å²) >= 11 is 0. The summed E-state index contributed by atoms with van der Waals surface area (Å²) in [7, 11) is 4.09. The van der Waals surface area contributed by atoms with Crippen LogP contribution in [0.5, 0.6) is 0 Å². The molecule has 166 valence electrons. The molecule has 2 aliphatic rings. The Kier molecular flexibility index (Phi) is 7.06. The number of nitrogens with zero attached hydrogens (tertiary/aromatic N) is 3. The highest BCUT2D eigenvalue weighted by Crippen LogP contribution is 2.34. The monoisotopic (exact) mass is 414 g/mol. The zero-order valence-electron chi connectivity index (χ0n) is 19.3. The number of carbonyl (C=O) groups excluding carboxylic acids is 2. The largest absolute Gasteiger partial charge is 0.378 e. The molecule has 0 aromatic heterocycles. The van der Waals surface area contributed by atoms with Crippen molar-refractivity contribution in [3.63, 3.8) is 0 Å². The second kappa shape index (κ2) is 9.38. The first-order chi connectivity index (χ1) is 14.3. The first kappa shape index (κ1) is 22.6. The molecule has 2 saturated heterocycles. The van der Waals surface area contributed by atoms with Gasteiger partial charge in [0.1, 0.15) is 11.6 Å². The van der Waals surface area contributed by atoms with E-state index in [0.717, 1.165) is 26.1 Å². The third-order valence-corrected chi connectivity index (χ3v) is 6.51. The van der Waals surface area contributed by atoms with Crippen LogP contribution >= 0.6 is 0 Å². The Morgan fingerprint density at radius 3 is 2.30 bits per heavy atom. The minimum atomic E-state index is -0.675. The van der Waals surface area contributed by atoms with E-state index in [2.05, 4.69) is 60.2 Å². The zero-order chi connectivity index (χ0) is 21.9. The molecule has 2 amide bonds. The van der Waals surface area contributed by atoms with E-state index in [1.54, 1.807) is 0 Å². The van der Waals surface area contributed by atoms with Gasteiger partial charge in [0.25, 0.3) is 0 Å². The Hall–Kier alpha value is -2.08. The lowest BCUT2D eigenvalue weighted by molar-refractivity contribution is -0.161. The number of carbonyl (C=O) groups is 2. The van der Waals surface area contributed by atoms with E-state index >= 15 is 0 Å². The smallest absolute Gasteiger partial charge is 0.246 e. The van der Waals surface area contributed by atoms with Gasteiger partial charge in [-0.2, -0.15) is 0 Å². The van der Waals surface area contributed by atoms with Gasteiger partial charge in [0.05, 0.1) is 0 Å².